The van der Waals surface area contributed by atoms with Crippen LogP contribution < -0.4 is 9.64 Å². The molecule has 0 heterocycles. The smallest absolute Gasteiger partial charge is 0.133 e. The van der Waals surface area contributed by atoms with Crippen LogP contribution in [-0.4, -0.2) is 21.2 Å². The molecule has 0 aliphatic carbocycles. The normalized spacial score (nSPS) is 10.4. The summed E-state index contributed by atoms with van der Waals surface area (Å²) in [5.41, 5.74) is 3.34. The summed E-state index contributed by atoms with van der Waals surface area (Å²) in [6.07, 6.45) is 0. The lowest BCUT2D eigenvalue weighted by atomic mass is 10.00. The van der Waals surface area contributed by atoms with E-state index in [9.17, 15) is 4.39 Å². The summed E-state index contributed by atoms with van der Waals surface area (Å²) in [5.74, 6) is 0.599. The average Bonchev–Trinajstić information content (AvgIpc) is 2.38. The summed E-state index contributed by atoms with van der Waals surface area (Å²) in [5, 5.41) is 0. The molecule has 2 aromatic rings. The molecule has 0 spiro atoms. The molecule has 100 valence electrons. The second-order valence-electron chi connectivity index (χ2n) is 4.71. The number of halogens is 1. The van der Waals surface area contributed by atoms with Gasteiger partial charge in [0.2, 0.25) is 0 Å². The van der Waals surface area contributed by atoms with Gasteiger partial charge in [-0.15, -0.1) is 0 Å². The quantitative estimate of drug-likeness (QED) is 0.829. The first kappa shape index (κ1) is 13.4. The molecule has 0 aliphatic rings. The van der Waals surface area contributed by atoms with E-state index in [2.05, 4.69) is 0 Å². The van der Waals surface area contributed by atoms with Crippen molar-refractivity contribution in [3.63, 3.8) is 0 Å². The topological polar surface area (TPSA) is 12.5 Å². The van der Waals surface area contributed by atoms with Gasteiger partial charge in [-0.3, -0.25) is 0 Å². The second kappa shape index (κ2) is 5.31. The maximum atomic E-state index is 14.2. The number of rotatable bonds is 3. The van der Waals surface area contributed by atoms with Crippen molar-refractivity contribution < 1.29 is 9.13 Å². The van der Waals surface area contributed by atoms with Gasteiger partial charge in [0, 0.05) is 25.3 Å². The zero-order chi connectivity index (χ0) is 14.0. The van der Waals surface area contributed by atoms with Crippen LogP contribution in [0, 0.1) is 12.7 Å². The van der Waals surface area contributed by atoms with Crippen molar-refractivity contribution in [1.29, 1.82) is 0 Å². The Bertz CT molecular complexity index is 593. The first-order valence-corrected chi connectivity index (χ1v) is 6.15. The first-order valence-electron chi connectivity index (χ1n) is 6.15. The summed E-state index contributed by atoms with van der Waals surface area (Å²) in [4.78, 5) is 1.91. The van der Waals surface area contributed by atoms with E-state index in [0.717, 1.165) is 22.6 Å². The Hall–Kier alpha value is -2.03. The zero-order valence-electron chi connectivity index (χ0n) is 11.7. The summed E-state index contributed by atoms with van der Waals surface area (Å²) in [6, 6.07) is 10.8. The van der Waals surface area contributed by atoms with Gasteiger partial charge in [0.15, 0.2) is 0 Å². The van der Waals surface area contributed by atoms with Crippen LogP contribution in [0.15, 0.2) is 36.4 Å². The predicted octanol–water partition coefficient (Wildman–Crippen LogP) is 3.88. The van der Waals surface area contributed by atoms with E-state index in [1.807, 2.05) is 50.2 Å². The Balaban J connectivity index is 2.61. The minimum Gasteiger partial charge on any atom is -0.496 e. The van der Waals surface area contributed by atoms with Gasteiger partial charge in [0.05, 0.1) is 7.11 Å². The van der Waals surface area contributed by atoms with Gasteiger partial charge in [0.25, 0.3) is 0 Å². The lowest BCUT2D eigenvalue weighted by molar-refractivity contribution is 0.412. The number of hydrogen-bond acceptors (Lipinski definition) is 2. The van der Waals surface area contributed by atoms with Gasteiger partial charge < -0.3 is 9.64 Å². The fourth-order valence-corrected chi connectivity index (χ4v) is 2.21. The third-order valence-electron chi connectivity index (χ3n) is 3.16. The van der Waals surface area contributed by atoms with Gasteiger partial charge in [-0.1, -0.05) is 12.1 Å². The molecule has 0 saturated heterocycles. The Labute approximate surface area is 113 Å². The fourth-order valence-electron chi connectivity index (χ4n) is 2.21. The Kier molecular flexibility index (Phi) is 3.74. The molecule has 19 heavy (non-hydrogen) atoms. The van der Waals surface area contributed by atoms with E-state index in [1.54, 1.807) is 13.2 Å². The van der Waals surface area contributed by atoms with Crippen molar-refractivity contribution in [1.82, 2.24) is 0 Å². The van der Waals surface area contributed by atoms with Crippen LogP contribution in [0.3, 0.4) is 0 Å². The lowest BCUT2D eigenvalue weighted by Gasteiger charge is -2.18. The van der Waals surface area contributed by atoms with Crippen LogP contribution >= 0.6 is 0 Å². The molecular weight excluding hydrogens is 241 g/mol. The second-order valence-corrected chi connectivity index (χ2v) is 4.71. The highest BCUT2D eigenvalue weighted by atomic mass is 19.1. The number of aryl methyl sites for hydroxylation is 1. The van der Waals surface area contributed by atoms with Crippen molar-refractivity contribution >= 4 is 5.69 Å². The minimum atomic E-state index is -0.212. The number of nitrogens with zero attached hydrogens (tertiary/aromatic N) is 1. The maximum Gasteiger partial charge on any atom is 0.133 e. The van der Waals surface area contributed by atoms with E-state index in [-0.39, 0.29) is 5.82 Å². The van der Waals surface area contributed by atoms with E-state index < -0.39 is 0 Å². The maximum absolute atomic E-state index is 14.2. The molecule has 0 unspecified atom stereocenters. The summed E-state index contributed by atoms with van der Waals surface area (Å²) in [6.45, 7) is 1.96. The lowest BCUT2D eigenvalue weighted by Crippen LogP contribution is -2.10. The summed E-state index contributed by atoms with van der Waals surface area (Å²) in [7, 11) is 5.46. The Morgan fingerprint density at radius 2 is 1.84 bits per heavy atom. The minimum absolute atomic E-state index is 0.212. The van der Waals surface area contributed by atoms with Crippen molar-refractivity contribution in [2.75, 3.05) is 26.1 Å². The SMILES string of the molecule is COc1ccc(-c2c(F)cccc2N(C)C)cc1C. The highest BCUT2D eigenvalue weighted by Crippen LogP contribution is 2.34. The number of ether oxygens (including phenoxy) is 1. The van der Waals surface area contributed by atoms with E-state index in [0.29, 0.717) is 5.56 Å². The van der Waals surface area contributed by atoms with Gasteiger partial charge in [-0.05, 0) is 42.3 Å². The van der Waals surface area contributed by atoms with Crippen LogP contribution in [0.2, 0.25) is 0 Å². The van der Waals surface area contributed by atoms with Gasteiger partial charge >= 0.3 is 0 Å². The molecule has 0 N–H and O–H groups in total. The summed E-state index contributed by atoms with van der Waals surface area (Å²) < 4.78 is 19.4. The van der Waals surface area contributed by atoms with E-state index >= 15 is 0 Å². The summed E-state index contributed by atoms with van der Waals surface area (Å²) >= 11 is 0. The van der Waals surface area contributed by atoms with Crippen molar-refractivity contribution in [2.45, 2.75) is 6.92 Å². The highest BCUT2D eigenvalue weighted by molar-refractivity contribution is 5.79. The van der Waals surface area contributed by atoms with Crippen molar-refractivity contribution in [3.8, 4) is 16.9 Å². The average molecular weight is 259 g/mol. The molecule has 0 amide bonds. The predicted molar refractivity (Wildman–Crippen MR) is 77.5 cm³/mol. The third kappa shape index (κ3) is 2.55. The van der Waals surface area contributed by atoms with E-state index in [1.165, 1.54) is 6.07 Å². The molecule has 2 aromatic carbocycles. The Morgan fingerprint density at radius 3 is 2.42 bits per heavy atom. The Morgan fingerprint density at radius 1 is 1.11 bits per heavy atom. The zero-order valence-corrected chi connectivity index (χ0v) is 11.7. The molecule has 2 rings (SSSR count). The first-order chi connectivity index (χ1) is 9.04. The molecule has 0 fully saturated rings. The van der Waals surface area contributed by atoms with Gasteiger partial charge in [-0.25, -0.2) is 4.39 Å². The third-order valence-corrected chi connectivity index (χ3v) is 3.16. The van der Waals surface area contributed by atoms with Crippen LogP contribution in [0.5, 0.6) is 5.75 Å². The van der Waals surface area contributed by atoms with Crippen LogP contribution in [0.1, 0.15) is 5.56 Å². The van der Waals surface area contributed by atoms with Gasteiger partial charge in [0.1, 0.15) is 11.6 Å². The van der Waals surface area contributed by atoms with Crippen LogP contribution in [0.4, 0.5) is 10.1 Å². The molecule has 3 heteroatoms. The highest BCUT2D eigenvalue weighted by Gasteiger charge is 2.13. The largest absolute Gasteiger partial charge is 0.496 e. The van der Waals surface area contributed by atoms with Crippen molar-refractivity contribution in [2.24, 2.45) is 0 Å². The van der Waals surface area contributed by atoms with Crippen LogP contribution in [-0.2, 0) is 0 Å². The standard InChI is InChI=1S/C16H18FNO/c1-11-10-12(8-9-15(11)19-4)16-13(17)6-5-7-14(16)18(2)3/h5-10H,1-4H3. The molecular formula is C16H18FNO. The molecule has 0 saturated carbocycles. The van der Waals surface area contributed by atoms with Crippen molar-refractivity contribution in [3.05, 3.63) is 47.8 Å². The number of benzene rings is 2. The molecule has 0 radical (unpaired) electrons. The number of anilines is 1. The molecule has 0 atom stereocenters. The number of methoxy groups -OCH3 is 1. The number of hydrogen-bond donors (Lipinski definition) is 0. The molecule has 0 bridgehead atoms. The molecule has 0 aliphatic heterocycles. The van der Waals surface area contributed by atoms with E-state index in [4.69, 9.17) is 4.74 Å². The fraction of sp³-hybridized carbons (Fsp3) is 0.250. The molecule has 0 aromatic heterocycles. The molecule has 2 nitrogen and oxygen atoms in total. The van der Waals surface area contributed by atoms with Crippen LogP contribution in [0.25, 0.3) is 11.1 Å². The monoisotopic (exact) mass is 259 g/mol. The van der Waals surface area contributed by atoms with Gasteiger partial charge in [-0.2, -0.15) is 0 Å².